The summed E-state index contributed by atoms with van der Waals surface area (Å²) in [5.74, 6) is 1.86. The van der Waals surface area contributed by atoms with E-state index in [9.17, 15) is 4.79 Å². The summed E-state index contributed by atoms with van der Waals surface area (Å²) in [5.41, 5.74) is 8.53. The molecule has 28 heavy (non-hydrogen) atoms. The molecular formula is C21H29ClN4O2. The molecule has 0 unspecified atom stereocenters. The fourth-order valence-electron chi connectivity index (χ4n) is 3.41. The first-order chi connectivity index (χ1) is 13.0. The van der Waals surface area contributed by atoms with Crippen LogP contribution in [0.25, 0.3) is 0 Å². The number of ether oxygens (including phenoxy) is 1. The molecule has 1 aliphatic heterocycles. The van der Waals surface area contributed by atoms with Gasteiger partial charge in [-0.3, -0.25) is 9.78 Å². The van der Waals surface area contributed by atoms with E-state index in [0.717, 1.165) is 22.6 Å². The van der Waals surface area contributed by atoms with Gasteiger partial charge in [-0.15, -0.1) is 0 Å². The summed E-state index contributed by atoms with van der Waals surface area (Å²) in [7, 11) is 1.64. The molecule has 0 bridgehead atoms. The van der Waals surface area contributed by atoms with E-state index in [1.165, 1.54) is 0 Å². The fourth-order valence-corrected chi connectivity index (χ4v) is 3.73. The van der Waals surface area contributed by atoms with Crippen LogP contribution >= 0.6 is 11.6 Å². The zero-order chi connectivity index (χ0) is 21.2. The molecule has 2 rings (SSSR count). The highest BCUT2D eigenvalue weighted by molar-refractivity contribution is 6.32. The number of methoxy groups -OCH3 is 1. The normalized spacial score (nSPS) is 18.0. The minimum atomic E-state index is -0.762. The third kappa shape index (κ3) is 4.07. The Kier molecular flexibility index (Phi) is 6.55. The summed E-state index contributed by atoms with van der Waals surface area (Å²) < 4.78 is 5.51. The van der Waals surface area contributed by atoms with Crippen molar-refractivity contribution in [3.63, 3.8) is 0 Å². The lowest BCUT2D eigenvalue weighted by Gasteiger charge is -2.39. The number of hydrogen-bond acceptors (Lipinski definition) is 5. The Morgan fingerprint density at radius 3 is 2.64 bits per heavy atom. The predicted octanol–water partition coefficient (Wildman–Crippen LogP) is 3.85. The van der Waals surface area contributed by atoms with Gasteiger partial charge >= 0.3 is 0 Å². The van der Waals surface area contributed by atoms with Crippen LogP contribution in [0, 0.1) is 19.3 Å². The quantitative estimate of drug-likeness (QED) is 0.595. The van der Waals surface area contributed by atoms with Crippen molar-refractivity contribution in [2.24, 2.45) is 16.1 Å². The average molecular weight is 405 g/mol. The lowest BCUT2D eigenvalue weighted by molar-refractivity contribution is -0.127. The Hall–Kier alpha value is -2.34. The first-order valence-corrected chi connectivity index (χ1v) is 9.57. The Balaban J connectivity index is 2.66. The maximum Gasteiger partial charge on any atom is 0.162 e. The van der Waals surface area contributed by atoms with Crippen LogP contribution in [0.4, 0.5) is 0 Å². The maximum absolute atomic E-state index is 13.0. The van der Waals surface area contributed by atoms with Crippen LogP contribution < -0.4 is 10.5 Å². The second-order valence-corrected chi connectivity index (χ2v) is 7.95. The molecule has 0 amide bonds. The number of nitrogens with two attached hydrogens (primary N) is 1. The van der Waals surface area contributed by atoms with Crippen LogP contribution in [-0.2, 0) is 11.3 Å². The number of hydrogen-bond donors (Lipinski definition) is 1. The Morgan fingerprint density at radius 2 is 2.11 bits per heavy atom. The van der Waals surface area contributed by atoms with E-state index in [4.69, 9.17) is 22.1 Å². The number of amidine groups is 1. The Morgan fingerprint density at radius 1 is 1.46 bits per heavy atom. The van der Waals surface area contributed by atoms with Crippen molar-refractivity contribution in [2.45, 2.75) is 48.1 Å². The topological polar surface area (TPSA) is 80.8 Å². The molecular weight excluding hydrogens is 376 g/mol. The molecule has 2 heterocycles. The van der Waals surface area contributed by atoms with Crippen molar-refractivity contribution in [1.29, 1.82) is 0 Å². The molecule has 0 radical (unpaired) electrons. The van der Waals surface area contributed by atoms with Crippen molar-refractivity contribution in [1.82, 2.24) is 9.88 Å². The van der Waals surface area contributed by atoms with E-state index in [0.29, 0.717) is 28.8 Å². The summed E-state index contributed by atoms with van der Waals surface area (Å²) >= 11 is 6.52. The third-order valence-corrected chi connectivity index (χ3v) is 5.45. The largest absolute Gasteiger partial charge is 0.496 e. The summed E-state index contributed by atoms with van der Waals surface area (Å²) in [4.78, 5) is 23.9. The summed E-state index contributed by atoms with van der Waals surface area (Å²) in [6.07, 6.45) is 3.55. The molecule has 0 fully saturated rings. The van der Waals surface area contributed by atoms with Crippen LogP contribution in [0.15, 0.2) is 33.7 Å². The number of nitrogens with zero attached hydrogens (tertiary/aromatic N) is 3. The van der Waals surface area contributed by atoms with Crippen molar-refractivity contribution in [3.8, 4) is 5.75 Å². The van der Waals surface area contributed by atoms with E-state index in [1.54, 1.807) is 26.3 Å². The van der Waals surface area contributed by atoms with Crippen LogP contribution in [-0.4, -0.2) is 35.2 Å². The standard InChI is InChI=1S/C21H29ClN4O2/c1-8-15(22)18-20(25-14(4)23)26(11-17(27)21(18,5)6)10-16-13(3)19(28-7)12(2)9-24-16/h8-9H,10-11H2,1-7H3,(H2,23,25)/b15-8+. The summed E-state index contributed by atoms with van der Waals surface area (Å²) in [6, 6.07) is 0. The predicted molar refractivity (Wildman–Crippen MR) is 113 cm³/mol. The number of aliphatic imine (C=N–C) groups is 1. The number of Topliss-reactive ketones (excluding diaryl/α,β-unsaturated/α-hetero) is 1. The number of halogens is 1. The second kappa shape index (κ2) is 8.35. The summed E-state index contributed by atoms with van der Waals surface area (Å²) in [5, 5.41) is 0.495. The second-order valence-electron chi connectivity index (χ2n) is 7.54. The Bertz CT molecular complexity index is 881. The molecule has 6 nitrogen and oxygen atoms in total. The molecule has 7 heteroatoms. The average Bonchev–Trinajstić information content (AvgIpc) is 2.61. The highest BCUT2D eigenvalue weighted by Crippen LogP contribution is 2.42. The highest BCUT2D eigenvalue weighted by Gasteiger charge is 2.42. The molecule has 0 atom stereocenters. The number of rotatable bonds is 5. The van der Waals surface area contributed by atoms with Crippen molar-refractivity contribution in [3.05, 3.63) is 45.5 Å². The van der Waals surface area contributed by atoms with Gasteiger partial charge in [0.2, 0.25) is 0 Å². The van der Waals surface area contributed by atoms with Crippen LogP contribution in [0.3, 0.4) is 0 Å². The molecule has 0 saturated heterocycles. The van der Waals surface area contributed by atoms with E-state index >= 15 is 0 Å². The molecule has 0 spiro atoms. The monoisotopic (exact) mass is 404 g/mol. The SMILES string of the molecule is C/C=C(/Cl)C1=C(N=C(C)N)N(Cc2ncc(C)c(OC)c2C)CC(=O)C1(C)C. The Labute approximate surface area is 172 Å². The molecule has 1 aliphatic rings. The zero-order valence-electron chi connectivity index (χ0n) is 17.7. The minimum absolute atomic E-state index is 0.0628. The zero-order valence-corrected chi connectivity index (χ0v) is 18.4. The first kappa shape index (κ1) is 22.0. The van der Waals surface area contributed by atoms with Crippen LogP contribution in [0.5, 0.6) is 5.75 Å². The van der Waals surface area contributed by atoms with Gasteiger partial charge in [-0.25, -0.2) is 4.99 Å². The van der Waals surface area contributed by atoms with E-state index in [1.807, 2.05) is 39.5 Å². The molecule has 1 aromatic heterocycles. The van der Waals surface area contributed by atoms with Crippen molar-refractivity contribution in [2.75, 3.05) is 13.7 Å². The van der Waals surface area contributed by atoms with Gasteiger partial charge in [-0.1, -0.05) is 17.7 Å². The lowest BCUT2D eigenvalue weighted by atomic mass is 9.77. The number of ketones is 1. The van der Waals surface area contributed by atoms with Gasteiger partial charge in [-0.2, -0.15) is 0 Å². The van der Waals surface area contributed by atoms with Crippen molar-refractivity contribution < 1.29 is 9.53 Å². The van der Waals surface area contributed by atoms with E-state index in [-0.39, 0.29) is 12.3 Å². The van der Waals surface area contributed by atoms with Gasteiger partial charge in [0.05, 0.1) is 37.1 Å². The molecule has 0 saturated carbocycles. The smallest absolute Gasteiger partial charge is 0.162 e. The molecule has 0 aromatic carbocycles. The van der Waals surface area contributed by atoms with Gasteiger partial charge in [0.15, 0.2) is 5.78 Å². The highest BCUT2D eigenvalue weighted by atomic mass is 35.5. The minimum Gasteiger partial charge on any atom is -0.496 e. The summed E-state index contributed by atoms with van der Waals surface area (Å²) in [6.45, 7) is 11.8. The lowest BCUT2D eigenvalue weighted by Crippen LogP contribution is -2.44. The van der Waals surface area contributed by atoms with Crippen LogP contribution in [0.2, 0.25) is 0 Å². The molecule has 0 aliphatic carbocycles. The van der Waals surface area contributed by atoms with Gasteiger partial charge in [0, 0.05) is 27.9 Å². The first-order valence-electron chi connectivity index (χ1n) is 9.19. The number of aryl methyl sites for hydroxylation is 1. The van der Waals surface area contributed by atoms with E-state index < -0.39 is 5.41 Å². The number of pyridine rings is 1. The van der Waals surface area contributed by atoms with Gasteiger partial charge in [0.1, 0.15) is 11.6 Å². The fraction of sp³-hybridized carbons (Fsp3) is 0.476. The molecule has 152 valence electrons. The van der Waals surface area contributed by atoms with Gasteiger partial charge in [0.25, 0.3) is 0 Å². The van der Waals surface area contributed by atoms with E-state index in [2.05, 4.69) is 9.98 Å². The van der Waals surface area contributed by atoms with Crippen molar-refractivity contribution >= 4 is 23.2 Å². The number of aromatic nitrogens is 1. The van der Waals surface area contributed by atoms with Crippen LogP contribution in [0.1, 0.15) is 44.5 Å². The maximum atomic E-state index is 13.0. The number of carbonyl (C=O) groups excluding carboxylic acids is 1. The third-order valence-electron chi connectivity index (χ3n) is 5.04. The molecule has 2 N–H and O–H groups in total. The number of carbonyl (C=O) groups is 1. The van der Waals surface area contributed by atoms with Gasteiger partial charge < -0.3 is 15.4 Å². The van der Waals surface area contributed by atoms with Gasteiger partial charge in [-0.05, 0) is 41.5 Å². The molecule has 1 aromatic rings. The number of allylic oxidation sites excluding steroid dienone is 3.